The first-order valence-electron chi connectivity index (χ1n) is 11.3. The first kappa shape index (κ1) is 21.7. The molecule has 3 aromatic rings. The number of hydrogen-bond acceptors (Lipinski definition) is 5. The van der Waals surface area contributed by atoms with Crippen LogP contribution in [0.2, 0.25) is 0 Å². The number of carbonyl (C=O) groups is 2. The van der Waals surface area contributed by atoms with Crippen molar-refractivity contribution < 1.29 is 19.4 Å². The third-order valence-electron chi connectivity index (χ3n) is 6.86. The fourth-order valence-electron chi connectivity index (χ4n) is 4.96. The molecule has 34 heavy (non-hydrogen) atoms. The van der Waals surface area contributed by atoms with Gasteiger partial charge in [-0.2, -0.15) is 10.4 Å². The highest BCUT2D eigenvalue weighted by Crippen LogP contribution is 2.61. The van der Waals surface area contributed by atoms with Crippen molar-refractivity contribution in [3.8, 4) is 23.1 Å². The monoisotopic (exact) mass is 456 g/mol. The third-order valence-corrected chi connectivity index (χ3v) is 6.86. The zero-order valence-corrected chi connectivity index (χ0v) is 18.5. The number of nitrogens with one attached hydrogen (secondary N) is 2. The van der Waals surface area contributed by atoms with Gasteiger partial charge >= 0.3 is 5.97 Å². The van der Waals surface area contributed by atoms with Crippen LogP contribution in [0.15, 0.2) is 48.7 Å². The van der Waals surface area contributed by atoms with Gasteiger partial charge in [0.05, 0.1) is 23.9 Å². The van der Waals surface area contributed by atoms with E-state index in [0.717, 1.165) is 41.0 Å². The second kappa shape index (κ2) is 8.67. The molecule has 172 valence electrons. The van der Waals surface area contributed by atoms with Crippen LogP contribution >= 0.6 is 0 Å². The van der Waals surface area contributed by atoms with Crippen molar-refractivity contribution >= 4 is 17.6 Å². The standard InChI is InChI=1S/C26H24N4O4/c27-15-16-4-5-17(2-1-3-24(31)32)22(12-16)29-25(33)20-14-26(20)9-11-34-23-7-6-18(13-19(23)26)21-8-10-28-30-21/h4-8,10,12-13,20H,1-3,9,11,14H2,(H,28,30)(H,29,33)(H,31,32). The van der Waals surface area contributed by atoms with Crippen LogP contribution in [0.25, 0.3) is 11.3 Å². The molecule has 2 aliphatic rings. The Labute approximate surface area is 196 Å². The maximum atomic E-state index is 13.4. The SMILES string of the molecule is N#Cc1ccc(CCCC(=O)O)c(NC(=O)C2CC23CCOc2ccc(-c4ccn[nH]4)cc23)c1. The van der Waals surface area contributed by atoms with Crippen LogP contribution in [0.4, 0.5) is 5.69 Å². The molecular formula is C26H24N4O4. The Morgan fingerprint density at radius 3 is 2.91 bits per heavy atom. The summed E-state index contributed by atoms with van der Waals surface area (Å²) < 4.78 is 5.89. The number of amides is 1. The number of aliphatic carboxylic acids is 1. The van der Waals surface area contributed by atoms with Crippen molar-refractivity contribution in [3.05, 3.63) is 65.4 Å². The van der Waals surface area contributed by atoms with Crippen LogP contribution in [0.3, 0.4) is 0 Å². The van der Waals surface area contributed by atoms with Gasteiger partial charge in [0, 0.05) is 40.8 Å². The van der Waals surface area contributed by atoms with Crippen LogP contribution in [-0.2, 0) is 21.4 Å². The highest BCUT2D eigenvalue weighted by Gasteiger charge is 2.61. The molecule has 1 aliphatic heterocycles. The van der Waals surface area contributed by atoms with Gasteiger partial charge in [0.2, 0.25) is 5.91 Å². The molecule has 2 aromatic carbocycles. The Hall–Kier alpha value is -4.12. The molecule has 2 atom stereocenters. The van der Waals surface area contributed by atoms with Gasteiger partial charge < -0.3 is 15.2 Å². The van der Waals surface area contributed by atoms with E-state index in [2.05, 4.69) is 27.6 Å². The predicted molar refractivity (Wildman–Crippen MR) is 124 cm³/mol. The molecule has 1 saturated carbocycles. The van der Waals surface area contributed by atoms with Crippen molar-refractivity contribution in [2.24, 2.45) is 5.92 Å². The number of carboxylic acids is 1. The molecule has 1 aromatic heterocycles. The first-order valence-corrected chi connectivity index (χ1v) is 11.3. The number of rotatable bonds is 7. The van der Waals surface area contributed by atoms with E-state index in [1.807, 2.05) is 18.2 Å². The maximum absolute atomic E-state index is 13.4. The van der Waals surface area contributed by atoms with Crippen LogP contribution in [0.1, 0.15) is 42.4 Å². The fourth-order valence-corrected chi connectivity index (χ4v) is 4.96. The highest BCUT2D eigenvalue weighted by molar-refractivity contribution is 5.97. The predicted octanol–water partition coefficient (Wildman–Crippen LogP) is 4.03. The van der Waals surface area contributed by atoms with Gasteiger partial charge in [0.15, 0.2) is 0 Å². The fraction of sp³-hybridized carbons (Fsp3) is 0.308. The van der Waals surface area contributed by atoms with Crippen LogP contribution in [-0.4, -0.2) is 33.8 Å². The van der Waals surface area contributed by atoms with Crippen molar-refractivity contribution in [2.75, 3.05) is 11.9 Å². The number of benzene rings is 2. The average Bonchev–Trinajstić information content (AvgIpc) is 3.28. The van der Waals surface area contributed by atoms with Gasteiger partial charge in [-0.15, -0.1) is 0 Å². The van der Waals surface area contributed by atoms with E-state index in [0.29, 0.717) is 30.7 Å². The quantitative estimate of drug-likeness (QED) is 0.492. The second-order valence-electron chi connectivity index (χ2n) is 8.91. The minimum absolute atomic E-state index is 0.0502. The number of nitriles is 1. The Bertz CT molecular complexity index is 1290. The number of aryl methyl sites for hydroxylation is 1. The molecule has 8 nitrogen and oxygen atoms in total. The van der Waals surface area contributed by atoms with Crippen LogP contribution < -0.4 is 10.1 Å². The summed E-state index contributed by atoms with van der Waals surface area (Å²) in [4.78, 5) is 24.3. The summed E-state index contributed by atoms with van der Waals surface area (Å²) >= 11 is 0. The molecule has 5 rings (SSSR count). The third kappa shape index (κ3) is 4.01. The number of aromatic nitrogens is 2. The smallest absolute Gasteiger partial charge is 0.303 e. The van der Waals surface area contributed by atoms with Gasteiger partial charge in [0.25, 0.3) is 0 Å². The number of anilines is 1. The summed E-state index contributed by atoms with van der Waals surface area (Å²) in [6.07, 6.45) is 4.21. The summed E-state index contributed by atoms with van der Waals surface area (Å²) in [5.74, 6) is -0.336. The van der Waals surface area contributed by atoms with Gasteiger partial charge in [-0.1, -0.05) is 6.07 Å². The number of carbonyl (C=O) groups excluding carboxylic acids is 1. The van der Waals surface area contributed by atoms with Crippen LogP contribution in [0, 0.1) is 17.2 Å². The molecule has 1 spiro atoms. The van der Waals surface area contributed by atoms with Crippen LogP contribution in [0.5, 0.6) is 5.75 Å². The molecule has 0 saturated heterocycles. The summed E-state index contributed by atoms with van der Waals surface area (Å²) in [5, 5.41) is 28.3. The molecule has 0 radical (unpaired) electrons. The number of hydrogen-bond donors (Lipinski definition) is 3. The first-order chi connectivity index (χ1) is 16.5. The van der Waals surface area contributed by atoms with E-state index in [4.69, 9.17) is 9.84 Å². The Balaban J connectivity index is 1.38. The molecule has 0 bridgehead atoms. The van der Waals surface area contributed by atoms with Crippen molar-refractivity contribution in [3.63, 3.8) is 0 Å². The zero-order chi connectivity index (χ0) is 23.7. The summed E-state index contributed by atoms with van der Waals surface area (Å²) in [5.41, 5.74) is 4.53. The minimum atomic E-state index is -0.855. The molecule has 8 heteroatoms. The van der Waals surface area contributed by atoms with E-state index in [9.17, 15) is 14.9 Å². The van der Waals surface area contributed by atoms with Gasteiger partial charge in [-0.25, -0.2) is 0 Å². The summed E-state index contributed by atoms with van der Waals surface area (Å²) in [6.45, 7) is 0.560. The lowest BCUT2D eigenvalue weighted by Gasteiger charge is -2.27. The molecule has 1 amide bonds. The Kier molecular flexibility index (Phi) is 5.54. The van der Waals surface area contributed by atoms with Gasteiger partial charge in [0.1, 0.15) is 5.75 Å². The van der Waals surface area contributed by atoms with Gasteiger partial charge in [-0.05, 0) is 67.6 Å². The number of ether oxygens (including phenoxy) is 1. The van der Waals surface area contributed by atoms with Crippen molar-refractivity contribution in [1.29, 1.82) is 5.26 Å². The van der Waals surface area contributed by atoms with E-state index in [1.165, 1.54) is 0 Å². The molecule has 2 heterocycles. The van der Waals surface area contributed by atoms with Gasteiger partial charge in [-0.3, -0.25) is 14.7 Å². The molecular weight excluding hydrogens is 432 g/mol. The number of H-pyrrole nitrogens is 1. The van der Waals surface area contributed by atoms with E-state index in [-0.39, 0.29) is 23.7 Å². The lowest BCUT2D eigenvalue weighted by Crippen LogP contribution is -2.27. The topological polar surface area (TPSA) is 128 Å². The van der Waals surface area contributed by atoms with E-state index in [1.54, 1.807) is 24.4 Å². The Morgan fingerprint density at radius 2 is 2.15 bits per heavy atom. The number of aromatic amines is 1. The van der Waals surface area contributed by atoms with Crippen molar-refractivity contribution in [2.45, 2.75) is 37.5 Å². The number of nitrogens with zero attached hydrogens (tertiary/aromatic N) is 2. The molecule has 2 unspecified atom stereocenters. The highest BCUT2D eigenvalue weighted by atomic mass is 16.5. The largest absolute Gasteiger partial charge is 0.493 e. The average molecular weight is 457 g/mol. The second-order valence-corrected chi connectivity index (χ2v) is 8.91. The minimum Gasteiger partial charge on any atom is -0.493 e. The Morgan fingerprint density at radius 1 is 1.26 bits per heavy atom. The number of fused-ring (bicyclic) bond motifs is 2. The summed E-state index contributed by atoms with van der Waals surface area (Å²) in [6, 6.07) is 15.2. The lowest BCUT2D eigenvalue weighted by atomic mass is 9.86. The summed E-state index contributed by atoms with van der Waals surface area (Å²) in [7, 11) is 0. The number of carboxylic acid groups (broad SMARTS) is 1. The normalized spacial score (nSPS) is 20.1. The van der Waals surface area contributed by atoms with E-state index >= 15 is 0 Å². The molecule has 1 fully saturated rings. The van der Waals surface area contributed by atoms with Crippen molar-refractivity contribution in [1.82, 2.24) is 10.2 Å². The lowest BCUT2D eigenvalue weighted by molar-refractivity contribution is -0.137. The van der Waals surface area contributed by atoms with E-state index < -0.39 is 5.97 Å². The molecule has 3 N–H and O–H groups in total. The maximum Gasteiger partial charge on any atom is 0.303 e. The zero-order valence-electron chi connectivity index (χ0n) is 18.5. The molecule has 1 aliphatic carbocycles.